The standard InChI is InChI=1S/C7H9N3O2/c1-3-10-7(12)5(4-8)6(11)9(10)2/h11H,3H2,1-2H3. The number of nitriles is 1. The molecule has 0 atom stereocenters. The third-order valence-electron chi connectivity index (χ3n) is 1.75. The van der Waals surface area contributed by atoms with Crippen LogP contribution >= 0.6 is 0 Å². The highest BCUT2D eigenvalue weighted by molar-refractivity contribution is 5.35. The van der Waals surface area contributed by atoms with Crippen LogP contribution in [0.15, 0.2) is 4.79 Å². The molecule has 1 heterocycles. The first-order chi connectivity index (χ1) is 5.63. The van der Waals surface area contributed by atoms with Gasteiger partial charge in [0, 0.05) is 13.6 Å². The second-order valence-corrected chi connectivity index (χ2v) is 2.35. The second kappa shape index (κ2) is 2.74. The lowest BCUT2D eigenvalue weighted by Crippen LogP contribution is -2.20. The maximum atomic E-state index is 11.2. The van der Waals surface area contributed by atoms with E-state index in [1.54, 1.807) is 13.0 Å². The average molecular weight is 167 g/mol. The zero-order valence-corrected chi connectivity index (χ0v) is 6.90. The normalized spacial score (nSPS) is 9.75. The topological polar surface area (TPSA) is 70.9 Å². The van der Waals surface area contributed by atoms with E-state index in [1.165, 1.54) is 16.4 Å². The summed E-state index contributed by atoms with van der Waals surface area (Å²) in [6.07, 6.45) is 0. The van der Waals surface area contributed by atoms with Crippen molar-refractivity contribution in [3.8, 4) is 11.9 Å². The molecule has 1 rings (SSSR count). The summed E-state index contributed by atoms with van der Waals surface area (Å²) in [5.41, 5.74) is -0.639. The largest absolute Gasteiger partial charge is 0.492 e. The first-order valence-corrected chi connectivity index (χ1v) is 3.52. The first-order valence-electron chi connectivity index (χ1n) is 3.52. The Hall–Kier alpha value is -1.70. The van der Waals surface area contributed by atoms with E-state index in [2.05, 4.69) is 0 Å². The monoisotopic (exact) mass is 167 g/mol. The van der Waals surface area contributed by atoms with Crippen molar-refractivity contribution in [2.75, 3.05) is 0 Å². The zero-order chi connectivity index (χ0) is 9.30. The molecule has 0 aliphatic heterocycles. The fraction of sp³-hybridized carbons (Fsp3) is 0.429. The second-order valence-electron chi connectivity index (χ2n) is 2.35. The first kappa shape index (κ1) is 8.40. The molecule has 0 unspecified atom stereocenters. The number of aromatic hydroxyl groups is 1. The molecule has 64 valence electrons. The van der Waals surface area contributed by atoms with Crippen LogP contribution in [0, 0.1) is 11.3 Å². The van der Waals surface area contributed by atoms with Gasteiger partial charge in [-0.05, 0) is 6.92 Å². The zero-order valence-electron chi connectivity index (χ0n) is 6.90. The lowest BCUT2D eigenvalue weighted by Gasteiger charge is -2.01. The van der Waals surface area contributed by atoms with Crippen LogP contribution in [0.3, 0.4) is 0 Å². The minimum atomic E-state index is -0.444. The molecule has 12 heavy (non-hydrogen) atoms. The summed E-state index contributed by atoms with van der Waals surface area (Å²) in [5, 5.41) is 17.7. The molecule has 0 spiro atoms. The third kappa shape index (κ3) is 0.889. The summed E-state index contributed by atoms with van der Waals surface area (Å²) in [6, 6.07) is 1.65. The van der Waals surface area contributed by atoms with E-state index in [0.717, 1.165) is 0 Å². The molecule has 1 aromatic heterocycles. The van der Waals surface area contributed by atoms with Crippen molar-refractivity contribution in [2.24, 2.45) is 7.05 Å². The van der Waals surface area contributed by atoms with E-state index in [9.17, 15) is 9.90 Å². The molecule has 0 fully saturated rings. The summed E-state index contributed by atoms with van der Waals surface area (Å²) in [5.74, 6) is -0.274. The Labute approximate surface area is 69.1 Å². The fourth-order valence-electron chi connectivity index (χ4n) is 1.09. The summed E-state index contributed by atoms with van der Waals surface area (Å²) in [6.45, 7) is 2.20. The van der Waals surface area contributed by atoms with Gasteiger partial charge in [0.2, 0.25) is 5.88 Å². The van der Waals surface area contributed by atoms with E-state index in [4.69, 9.17) is 5.26 Å². The van der Waals surface area contributed by atoms with Gasteiger partial charge in [-0.1, -0.05) is 0 Å². The summed E-state index contributed by atoms with van der Waals surface area (Å²) in [4.78, 5) is 11.2. The Balaban J connectivity index is 3.57. The average Bonchev–Trinajstić information content (AvgIpc) is 2.25. The van der Waals surface area contributed by atoms with Crippen LogP contribution in [0.2, 0.25) is 0 Å². The van der Waals surface area contributed by atoms with E-state index in [1.807, 2.05) is 0 Å². The third-order valence-corrected chi connectivity index (χ3v) is 1.75. The summed E-state index contributed by atoms with van der Waals surface area (Å²) < 4.78 is 2.55. The smallest absolute Gasteiger partial charge is 0.288 e. The van der Waals surface area contributed by atoms with Crippen LogP contribution in [0.5, 0.6) is 5.88 Å². The maximum Gasteiger partial charge on any atom is 0.288 e. The van der Waals surface area contributed by atoms with Crippen LogP contribution in [0.4, 0.5) is 0 Å². The maximum absolute atomic E-state index is 11.2. The van der Waals surface area contributed by atoms with Crippen molar-refractivity contribution in [1.82, 2.24) is 9.36 Å². The molecule has 0 bridgehead atoms. The van der Waals surface area contributed by atoms with Crippen LogP contribution in [-0.2, 0) is 13.6 Å². The molecule has 0 amide bonds. The highest BCUT2D eigenvalue weighted by Crippen LogP contribution is 2.10. The van der Waals surface area contributed by atoms with E-state index in [-0.39, 0.29) is 11.4 Å². The van der Waals surface area contributed by atoms with Crippen LogP contribution < -0.4 is 5.56 Å². The molecular formula is C7H9N3O2. The molecule has 0 aliphatic rings. The molecule has 0 aromatic carbocycles. The lowest BCUT2D eigenvalue weighted by molar-refractivity contribution is 0.385. The molecular weight excluding hydrogens is 158 g/mol. The molecule has 0 radical (unpaired) electrons. The van der Waals surface area contributed by atoms with Crippen molar-refractivity contribution in [2.45, 2.75) is 13.5 Å². The molecule has 5 heteroatoms. The van der Waals surface area contributed by atoms with Crippen molar-refractivity contribution >= 4 is 0 Å². The van der Waals surface area contributed by atoms with E-state index >= 15 is 0 Å². The Morgan fingerprint density at radius 1 is 1.67 bits per heavy atom. The molecule has 1 N–H and O–H groups in total. The van der Waals surface area contributed by atoms with Gasteiger partial charge in [-0.25, -0.2) is 4.68 Å². The van der Waals surface area contributed by atoms with Crippen LogP contribution in [0.1, 0.15) is 12.5 Å². The fourth-order valence-corrected chi connectivity index (χ4v) is 1.09. The number of hydrogen-bond acceptors (Lipinski definition) is 3. The van der Waals surface area contributed by atoms with Gasteiger partial charge < -0.3 is 5.11 Å². The van der Waals surface area contributed by atoms with Gasteiger partial charge in [0.05, 0.1) is 0 Å². The van der Waals surface area contributed by atoms with E-state index in [0.29, 0.717) is 6.54 Å². The van der Waals surface area contributed by atoms with Gasteiger partial charge in [-0.3, -0.25) is 9.48 Å². The van der Waals surface area contributed by atoms with Crippen molar-refractivity contribution < 1.29 is 5.11 Å². The predicted octanol–water partition coefficient (Wildman–Crippen LogP) is -0.216. The lowest BCUT2D eigenvalue weighted by atomic mass is 10.4. The SMILES string of the molecule is CCn1c(=O)c(C#N)c(O)n1C. The number of hydrogen-bond donors (Lipinski definition) is 1. The number of nitrogens with zero attached hydrogens (tertiary/aromatic N) is 3. The molecule has 5 nitrogen and oxygen atoms in total. The summed E-state index contributed by atoms with van der Waals surface area (Å²) in [7, 11) is 1.53. The van der Waals surface area contributed by atoms with Crippen molar-refractivity contribution in [3.63, 3.8) is 0 Å². The highest BCUT2D eigenvalue weighted by atomic mass is 16.3. The minimum Gasteiger partial charge on any atom is -0.492 e. The van der Waals surface area contributed by atoms with Crippen LogP contribution in [-0.4, -0.2) is 14.5 Å². The minimum absolute atomic E-state index is 0.195. The Kier molecular flexibility index (Phi) is 1.92. The Morgan fingerprint density at radius 2 is 2.25 bits per heavy atom. The number of rotatable bonds is 1. The quantitative estimate of drug-likeness (QED) is 0.628. The molecule has 0 saturated heterocycles. The van der Waals surface area contributed by atoms with Crippen molar-refractivity contribution in [3.05, 3.63) is 15.9 Å². The van der Waals surface area contributed by atoms with Crippen molar-refractivity contribution in [1.29, 1.82) is 5.26 Å². The van der Waals surface area contributed by atoms with Crippen LogP contribution in [0.25, 0.3) is 0 Å². The van der Waals surface area contributed by atoms with Gasteiger partial charge in [0.15, 0.2) is 5.56 Å². The van der Waals surface area contributed by atoms with Gasteiger partial charge in [0.1, 0.15) is 6.07 Å². The summed E-state index contributed by atoms with van der Waals surface area (Å²) >= 11 is 0. The van der Waals surface area contributed by atoms with Gasteiger partial charge in [-0.2, -0.15) is 5.26 Å². The molecule has 0 saturated carbocycles. The highest BCUT2D eigenvalue weighted by Gasteiger charge is 2.14. The predicted molar refractivity (Wildman–Crippen MR) is 41.7 cm³/mol. The Morgan fingerprint density at radius 3 is 2.50 bits per heavy atom. The van der Waals surface area contributed by atoms with Gasteiger partial charge in [-0.15, -0.1) is 0 Å². The Bertz CT molecular complexity index is 394. The molecule has 1 aromatic rings. The van der Waals surface area contributed by atoms with Gasteiger partial charge >= 0.3 is 0 Å². The van der Waals surface area contributed by atoms with E-state index < -0.39 is 5.56 Å². The number of aromatic nitrogens is 2. The molecule has 0 aliphatic carbocycles. The van der Waals surface area contributed by atoms with Gasteiger partial charge in [0.25, 0.3) is 5.56 Å².